The summed E-state index contributed by atoms with van der Waals surface area (Å²) in [5, 5.41) is 5.54. The van der Waals surface area contributed by atoms with Crippen molar-refractivity contribution in [3.63, 3.8) is 0 Å². The first-order chi connectivity index (χ1) is 13.5. The summed E-state index contributed by atoms with van der Waals surface area (Å²) in [6.07, 6.45) is -0.0928. The van der Waals surface area contributed by atoms with Gasteiger partial charge in [0.05, 0.1) is 16.6 Å². The molecule has 0 saturated carbocycles. The zero-order chi connectivity index (χ0) is 21.8. The van der Waals surface area contributed by atoms with E-state index in [-0.39, 0.29) is 16.1 Å². The number of anilines is 1. The lowest BCUT2D eigenvalue weighted by molar-refractivity contribution is 0.0972. The number of carbonyl (C=O) groups is 1. The minimum absolute atomic E-state index is 0.0775. The Bertz CT molecular complexity index is 1010. The van der Waals surface area contributed by atoms with E-state index >= 15 is 0 Å². The van der Waals surface area contributed by atoms with Gasteiger partial charge in [0.15, 0.2) is 5.11 Å². The number of hydrogen-bond acceptors (Lipinski definition) is 5. The van der Waals surface area contributed by atoms with Crippen molar-refractivity contribution in [2.45, 2.75) is 24.8 Å². The molecule has 2 aromatic carbocycles. The van der Waals surface area contributed by atoms with Crippen molar-refractivity contribution < 1.29 is 17.9 Å². The predicted molar refractivity (Wildman–Crippen MR) is 121 cm³/mol. The number of nitrogens with one attached hydrogen (secondary N) is 2. The van der Waals surface area contributed by atoms with Crippen molar-refractivity contribution in [2.24, 2.45) is 0 Å². The molecule has 7 nitrogen and oxygen atoms in total. The third kappa shape index (κ3) is 6.23. The Morgan fingerprint density at radius 2 is 1.76 bits per heavy atom. The van der Waals surface area contributed by atoms with Crippen molar-refractivity contribution in [1.29, 1.82) is 0 Å². The molecule has 29 heavy (non-hydrogen) atoms. The molecule has 0 aliphatic rings. The summed E-state index contributed by atoms with van der Waals surface area (Å²) in [6, 6.07) is 11.2. The number of nitrogens with zero attached hydrogens (tertiary/aromatic N) is 1. The van der Waals surface area contributed by atoms with E-state index in [1.807, 2.05) is 13.8 Å². The Kier molecular flexibility index (Phi) is 7.75. The van der Waals surface area contributed by atoms with E-state index in [0.29, 0.717) is 17.0 Å². The highest BCUT2D eigenvalue weighted by Gasteiger charge is 2.18. The van der Waals surface area contributed by atoms with Crippen molar-refractivity contribution in [3.8, 4) is 5.75 Å². The van der Waals surface area contributed by atoms with Crippen LogP contribution in [0.2, 0.25) is 0 Å². The highest BCUT2D eigenvalue weighted by atomic mass is 79.9. The van der Waals surface area contributed by atoms with Crippen LogP contribution in [0.3, 0.4) is 0 Å². The van der Waals surface area contributed by atoms with Crippen LogP contribution in [0, 0.1) is 0 Å². The molecule has 0 unspecified atom stereocenters. The number of hydrogen-bond donors (Lipinski definition) is 2. The number of rotatable bonds is 6. The van der Waals surface area contributed by atoms with Crippen molar-refractivity contribution in [3.05, 3.63) is 52.5 Å². The van der Waals surface area contributed by atoms with Crippen LogP contribution in [0.5, 0.6) is 5.75 Å². The highest BCUT2D eigenvalue weighted by molar-refractivity contribution is 9.10. The second-order valence-electron chi connectivity index (χ2n) is 6.53. The van der Waals surface area contributed by atoms with Crippen LogP contribution in [0.15, 0.2) is 51.8 Å². The molecule has 1 amide bonds. The third-order valence-corrected chi connectivity index (χ3v) is 6.19. The van der Waals surface area contributed by atoms with Gasteiger partial charge in [0.1, 0.15) is 5.75 Å². The molecule has 0 aliphatic heterocycles. The van der Waals surface area contributed by atoms with Gasteiger partial charge in [0, 0.05) is 24.3 Å². The molecule has 156 valence electrons. The van der Waals surface area contributed by atoms with Gasteiger partial charge in [-0.2, -0.15) is 0 Å². The molecule has 0 fully saturated rings. The van der Waals surface area contributed by atoms with Gasteiger partial charge in [-0.05, 0) is 68.5 Å². The second-order valence-corrected chi connectivity index (χ2v) is 10.0. The minimum Gasteiger partial charge on any atom is -0.490 e. The van der Waals surface area contributed by atoms with Crippen molar-refractivity contribution >= 4 is 54.9 Å². The first-order valence-electron chi connectivity index (χ1n) is 8.62. The minimum atomic E-state index is -3.51. The van der Waals surface area contributed by atoms with Crippen LogP contribution in [0.4, 0.5) is 5.69 Å². The van der Waals surface area contributed by atoms with Crippen LogP contribution in [0.25, 0.3) is 0 Å². The SMILES string of the molecule is CC(C)Oc1ccc(Br)cc1C(=O)NC(=S)Nc1ccc(S(=O)(=O)N(C)C)cc1. The molecule has 0 radical (unpaired) electrons. The van der Waals surface area contributed by atoms with Gasteiger partial charge in [-0.1, -0.05) is 15.9 Å². The highest BCUT2D eigenvalue weighted by Crippen LogP contribution is 2.24. The molecule has 0 spiro atoms. The molecule has 0 saturated heterocycles. The Labute approximate surface area is 184 Å². The first-order valence-corrected chi connectivity index (χ1v) is 11.3. The van der Waals surface area contributed by atoms with Gasteiger partial charge in [0.25, 0.3) is 5.91 Å². The summed E-state index contributed by atoms with van der Waals surface area (Å²) < 4.78 is 31.8. The summed E-state index contributed by atoms with van der Waals surface area (Å²) in [6.45, 7) is 3.74. The molecule has 2 N–H and O–H groups in total. The van der Waals surface area contributed by atoms with Crippen molar-refractivity contribution in [2.75, 3.05) is 19.4 Å². The van der Waals surface area contributed by atoms with E-state index in [2.05, 4.69) is 26.6 Å². The number of ether oxygens (including phenoxy) is 1. The Morgan fingerprint density at radius 1 is 1.14 bits per heavy atom. The number of sulfonamides is 1. The summed E-state index contributed by atoms with van der Waals surface area (Å²) in [5.41, 5.74) is 0.880. The molecule has 0 heterocycles. The second kappa shape index (κ2) is 9.66. The van der Waals surface area contributed by atoms with Gasteiger partial charge in [0.2, 0.25) is 10.0 Å². The zero-order valence-electron chi connectivity index (χ0n) is 16.4. The van der Waals surface area contributed by atoms with Crippen LogP contribution < -0.4 is 15.4 Å². The van der Waals surface area contributed by atoms with E-state index < -0.39 is 15.9 Å². The number of benzene rings is 2. The fraction of sp³-hybridized carbons (Fsp3) is 0.263. The molecule has 2 aromatic rings. The summed E-state index contributed by atoms with van der Waals surface area (Å²) in [7, 11) is -0.584. The molecule has 0 bridgehead atoms. The van der Waals surface area contributed by atoms with Gasteiger partial charge in [-0.3, -0.25) is 10.1 Å². The summed E-state index contributed by atoms with van der Waals surface area (Å²) in [5.74, 6) is 0.0213. The number of carbonyl (C=O) groups excluding carboxylic acids is 1. The van der Waals surface area contributed by atoms with Crippen LogP contribution in [-0.4, -0.2) is 43.9 Å². The standard InChI is InChI=1S/C19H22BrN3O4S2/c1-12(2)27-17-10-5-13(20)11-16(17)18(24)22-19(28)21-14-6-8-15(9-7-14)29(25,26)23(3)4/h5-12H,1-4H3,(H2,21,22,24,28). The lowest BCUT2D eigenvalue weighted by Crippen LogP contribution is -2.34. The molecule has 0 aromatic heterocycles. The number of thiocarbonyl (C=S) groups is 1. The number of amides is 1. The normalized spacial score (nSPS) is 11.4. The summed E-state index contributed by atoms with van der Waals surface area (Å²) in [4.78, 5) is 12.8. The third-order valence-electron chi connectivity index (χ3n) is 3.67. The summed E-state index contributed by atoms with van der Waals surface area (Å²) >= 11 is 8.55. The van der Waals surface area contributed by atoms with E-state index in [0.717, 1.165) is 8.78 Å². The fourth-order valence-electron chi connectivity index (χ4n) is 2.29. The van der Waals surface area contributed by atoms with Crippen LogP contribution >= 0.6 is 28.1 Å². The number of halogens is 1. The molecular weight excluding hydrogens is 478 g/mol. The maximum atomic E-state index is 12.6. The quantitative estimate of drug-likeness (QED) is 0.590. The van der Waals surface area contributed by atoms with Crippen molar-refractivity contribution in [1.82, 2.24) is 9.62 Å². The molecule has 0 aliphatic carbocycles. The maximum Gasteiger partial charge on any atom is 0.261 e. The molecule has 2 rings (SSSR count). The lowest BCUT2D eigenvalue weighted by Gasteiger charge is -2.15. The Morgan fingerprint density at radius 3 is 2.31 bits per heavy atom. The smallest absolute Gasteiger partial charge is 0.261 e. The first kappa shape index (κ1) is 23.3. The van der Waals surface area contributed by atoms with E-state index in [1.165, 1.54) is 26.2 Å². The Hall–Kier alpha value is -2.01. The average Bonchev–Trinajstić information content (AvgIpc) is 2.63. The Balaban J connectivity index is 2.10. The maximum absolute atomic E-state index is 12.6. The van der Waals surface area contributed by atoms with Crippen LogP contribution in [0.1, 0.15) is 24.2 Å². The monoisotopic (exact) mass is 499 g/mol. The molecule has 0 atom stereocenters. The van der Waals surface area contributed by atoms with Gasteiger partial charge in [-0.15, -0.1) is 0 Å². The van der Waals surface area contributed by atoms with Gasteiger partial charge < -0.3 is 10.1 Å². The van der Waals surface area contributed by atoms with E-state index in [9.17, 15) is 13.2 Å². The molecular formula is C19H22BrN3O4S2. The zero-order valence-corrected chi connectivity index (χ0v) is 19.6. The average molecular weight is 500 g/mol. The van der Waals surface area contributed by atoms with E-state index in [4.69, 9.17) is 17.0 Å². The van der Waals surface area contributed by atoms with E-state index in [1.54, 1.807) is 30.3 Å². The lowest BCUT2D eigenvalue weighted by atomic mass is 10.2. The molecule has 10 heteroatoms. The van der Waals surface area contributed by atoms with Gasteiger partial charge in [-0.25, -0.2) is 12.7 Å². The fourth-order valence-corrected chi connectivity index (χ4v) is 3.76. The topological polar surface area (TPSA) is 87.7 Å². The predicted octanol–water partition coefficient (Wildman–Crippen LogP) is 3.61. The largest absolute Gasteiger partial charge is 0.490 e. The van der Waals surface area contributed by atoms with Crippen LogP contribution in [-0.2, 0) is 10.0 Å². The van der Waals surface area contributed by atoms with Gasteiger partial charge >= 0.3 is 0 Å².